The second-order valence-electron chi connectivity index (χ2n) is 4.13. The number of ketones is 1. The van der Waals surface area contributed by atoms with Crippen LogP contribution in [0.5, 0.6) is 0 Å². The smallest absolute Gasteiger partial charge is 0.196 e. The fourth-order valence-electron chi connectivity index (χ4n) is 1.79. The maximum Gasteiger partial charge on any atom is 0.196 e. The van der Waals surface area contributed by atoms with Gasteiger partial charge in [-0.1, -0.05) is 41.6 Å². The number of carbonyl (C=O) groups is 1. The van der Waals surface area contributed by atoms with E-state index < -0.39 is 0 Å². The summed E-state index contributed by atoms with van der Waals surface area (Å²) in [6, 6.07) is 12.6. The van der Waals surface area contributed by atoms with E-state index in [-0.39, 0.29) is 5.78 Å². The Labute approximate surface area is 124 Å². The molecule has 0 aliphatic carbocycles. The molecule has 1 aromatic carbocycles. The van der Waals surface area contributed by atoms with Crippen molar-refractivity contribution in [1.29, 1.82) is 0 Å². The van der Waals surface area contributed by atoms with E-state index in [0.717, 1.165) is 5.65 Å². The van der Waals surface area contributed by atoms with E-state index in [4.69, 9.17) is 11.6 Å². The second-order valence-corrected chi connectivity index (χ2v) is 5.51. The first-order valence-electron chi connectivity index (χ1n) is 5.95. The molecule has 4 nitrogen and oxygen atoms in total. The predicted octanol–water partition coefficient (Wildman–Crippen LogP) is 3.36. The maximum atomic E-state index is 12.1. The summed E-state index contributed by atoms with van der Waals surface area (Å²) in [6.45, 7) is 0. The van der Waals surface area contributed by atoms with Crippen LogP contribution in [0.15, 0.2) is 53.8 Å². The van der Waals surface area contributed by atoms with Gasteiger partial charge in [0.15, 0.2) is 16.6 Å². The summed E-state index contributed by atoms with van der Waals surface area (Å²) in [6.07, 6.45) is 1.88. The third-order valence-electron chi connectivity index (χ3n) is 2.76. The van der Waals surface area contributed by atoms with Crippen LogP contribution in [0.3, 0.4) is 0 Å². The Balaban J connectivity index is 1.75. The average molecular weight is 304 g/mol. The lowest BCUT2D eigenvalue weighted by atomic mass is 10.1. The van der Waals surface area contributed by atoms with Gasteiger partial charge in [0.1, 0.15) is 0 Å². The normalized spacial score (nSPS) is 10.8. The van der Waals surface area contributed by atoms with Crippen LogP contribution >= 0.6 is 23.4 Å². The number of fused-ring (bicyclic) bond motifs is 1. The first-order valence-corrected chi connectivity index (χ1v) is 7.32. The van der Waals surface area contributed by atoms with Gasteiger partial charge in [0.05, 0.1) is 5.75 Å². The quantitative estimate of drug-likeness (QED) is 0.548. The number of Topliss-reactive ketones (excluding diaryl/α,β-unsaturated/α-hetero) is 1. The minimum Gasteiger partial charge on any atom is -0.293 e. The van der Waals surface area contributed by atoms with Crippen molar-refractivity contribution in [2.24, 2.45) is 0 Å². The van der Waals surface area contributed by atoms with Crippen LogP contribution in [0.25, 0.3) is 5.65 Å². The van der Waals surface area contributed by atoms with Gasteiger partial charge in [-0.3, -0.25) is 9.20 Å². The maximum absolute atomic E-state index is 12.1. The van der Waals surface area contributed by atoms with Crippen molar-refractivity contribution in [3.8, 4) is 0 Å². The molecule has 0 fully saturated rings. The van der Waals surface area contributed by atoms with Crippen molar-refractivity contribution in [3.05, 3.63) is 59.2 Å². The lowest BCUT2D eigenvalue weighted by Crippen LogP contribution is -2.02. The number of thioether (sulfide) groups is 1. The van der Waals surface area contributed by atoms with Crippen LogP contribution in [-0.4, -0.2) is 26.1 Å². The zero-order chi connectivity index (χ0) is 13.9. The Kier molecular flexibility index (Phi) is 3.71. The number of halogens is 1. The first kappa shape index (κ1) is 13.1. The van der Waals surface area contributed by atoms with Crippen molar-refractivity contribution in [2.75, 3.05) is 5.75 Å². The molecule has 0 aliphatic rings. The van der Waals surface area contributed by atoms with E-state index >= 15 is 0 Å². The zero-order valence-corrected chi connectivity index (χ0v) is 11.9. The summed E-state index contributed by atoms with van der Waals surface area (Å²) in [7, 11) is 0. The molecular formula is C14H10ClN3OS. The molecule has 0 saturated heterocycles. The molecular weight excluding hydrogens is 294 g/mol. The molecule has 0 amide bonds. The average Bonchev–Trinajstić information content (AvgIpc) is 2.88. The minimum absolute atomic E-state index is 0.0187. The number of aromatic nitrogens is 3. The molecule has 0 aliphatic heterocycles. The number of carbonyl (C=O) groups excluding carboxylic acids is 1. The Morgan fingerprint density at radius 1 is 1.20 bits per heavy atom. The number of hydrogen-bond donors (Lipinski definition) is 0. The van der Waals surface area contributed by atoms with Gasteiger partial charge in [0, 0.05) is 16.8 Å². The SMILES string of the molecule is O=C(CSc1nnc2ccccn12)c1cccc(Cl)c1. The second kappa shape index (κ2) is 5.64. The van der Waals surface area contributed by atoms with Crippen molar-refractivity contribution in [1.82, 2.24) is 14.6 Å². The summed E-state index contributed by atoms with van der Waals surface area (Å²) in [5.74, 6) is 0.320. The van der Waals surface area contributed by atoms with Crippen LogP contribution in [0.2, 0.25) is 5.02 Å². The minimum atomic E-state index is 0.0187. The lowest BCUT2D eigenvalue weighted by Gasteiger charge is -2.01. The monoisotopic (exact) mass is 303 g/mol. The summed E-state index contributed by atoms with van der Waals surface area (Å²) >= 11 is 7.24. The lowest BCUT2D eigenvalue weighted by molar-refractivity contribution is 0.102. The van der Waals surface area contributed by atoms with Gasteiger partial charge < -0.3 is 0 Å². The van der Waals surface area contributed by atoms with E-state index in [1.165, 1.54) is 11.8 Å². The van der Waals surface area contributed by atoms with Crippen molar-refractivity contribution in [2.45, 2.75) is 5.16 Å². The Morgan fingerprint density at radius 2 is 2.10 bits per heavy atom. The molecule has 6 heteroatoms. The molecule has 0 bridgehead atoms. The fourth-order valence-corrected chi connectivity index (χ4v) is 2.80. The van der Waals surface area contributed by atoms with E-state index in [1.54, 1.807) is 24.3 Å². The molecule has 0 N–H and O–H groups in total. The predicted molar refractivity (Wildman–Crippen MR) is 79.5 cm³/mol. The molecule has 2 aromatic heterocycles. The number of benzene rings is 1. The molecule has 3 aromatic rings. The summed E-state index contributed by atoms with van der Waals surface area (Å²) in [5.41, 5.74) is 1.38. The van der Waals surface area contributed by atoms with Gasteiger partial charge in [0.2, 0.25) is 0 Å². The third-order valence-corrected chi connectivity index (χ3v) is 3.94. The van der Waals surface area contributed by atoms with Crippen LogP contribution in [0.4, 0.5) is 0 Å². The van der Waals surface area contributed by atoms with Crippen molar-refractivity contribution >= 4 is 34.8 Å². The number of hydrogen-bond acceptors (Lipinski definition) is 4. The number of nitrogens with zero attached hydrogens (tertiary/aromatic N) is 3. The molecule has 20 heavy (non-hydrogen) atoms. The van der Waals surface area contributed by atoms with Gasteiger partial charge >= 0.3 is 0 Å². The van der Waals surface area contributed by atoms with Crippen molar-refractivity contribution < 1.29 is 4.79 Å². The molecule has 0 spiro atoms. The van der Waals surface area contributed by atoms with E-state index in [2.05, 4.69) is 10.2 Å². The van der Waals surface area contributed by atoms with E-state index in [9.17, 15) is 4.79 Å². The summed E-state index contributed by atoms with van der Waals surface area (Å²) in [5, 5.41) is 9.39. The highest BCUT2D eigenvalue weighted by Gasteiger charge is 2.10. The van der Waals surface area contributed by atoms with E-state index in [0.29, 0.717) is 21.5 Å². The molecule has 0 atom stereocenters. The molecule has 0 unspecified atom stereocenters. The van der Waals surface area contributed by atoms with Gasteiger partial charge in [-0.2, -0.15) is 0 Å². The molecule has 0 radical (unpaired) electrons. The van der Waals surface area contributed by atoms with Gasteiger partial charge in [0.25, 0.3) is 0 Å². The first-order chi connectivity index (χ1) is 9.74. The largest absolute Gasteiger partial charge is 0.293 e. The van der Waals surface area contributed by atoms with Crippen LogP contribution in [-0.2, 0) is 0 Å². The summed E-state index contributed by atoms with van der Waals surface area (Å²) in [4.78, 5) is 12.1. The van der Waals surface area contributed by atoms with Crippen molar-refractivity contribution in [3.63, 3.8) is 0 Å². The molecule has 0 saturated carbocycles. The molecule has 3 rings (SSSR count). The zero-order valence-electron chi connectivity index (χ0n) is 10.4. The van der Waals surface area contributed by atoms with Gasteiger partial charge in [-0.25, -0.2) is 0 Å². The molecule has 100 valence electrons. The highest BCUT2D eigenvalue weighted by atomic mass is 35.5. The third kappa shape index (κ3) is 2.69. The molecule has 2 heterocycles. The number of rotatable bonds is 4. The highest BCUT2D eigenvalue weighted by molar-refractivity contribution is 7.99. The van der Waals surface area contributed by atoms with Crippen LogP contribution < -0.4 is 0 Å². The standard InChI is InChI=1S/C14H10ClN3OS/c15-11-5-3-4-10(8-11)12(19)9-20-14-17-16-13-6-1-2-7-18(13)14/h1-8H,9H2. The number of pyridine rings is 1. The Bertz CT molecular complexity index is 772. The summed E-state index contributed by atoms with van der Waals surface area (Å²) < 4.78 is 1.86. The van der Waals surface area contributed by atoms with Crippen LogP contribution in [0, 0.1) is 0 Å². The van der Waals surface area contributed by atoms with Crippen LogP contribution in [0.1, 0.15) is 10.4 Å². The van der Waals surface area contributed by atoms with Gasteiger partial charge in [-0.05, 0) is 24.3 Å². The fraction of sp³-hybridized carbons (Fsp3) is 0.0714. The van der Waals surface area contributed by atoms with Gasteiger partial charge in [-0.15, -0.1) is 10.2 Å². The Morgan fingerprint density at radius 3 is 2.95 bits per heavy atom. The highest BCUT2D eigenvalue weighted by Crippen LogP contribution is 2.19. The Hall–Kier alpha value is -1.85. The van der Waals surface area contributed by atoms with E-state index in [1.807, 2.05) is 28.8 Å². The topological polar surface area (TPSA) is 47.3 Å².